The molecule has 0 bridgehead atoms. The Balaban J connectivity index is 1.72. The largest absolute Gasteiger partial charge is 0.481 e. The molecule has 0 saturated heterocycles. The fourth-order valence-corrected chi connectivity index (χ4v) is 2.39. The molecule has 0 amide bonds. The number of nitrogens with one attached hydrogen (secondary N) is 1. The van der Waals surface area contributed by atoms with Crippen molar-refractivity contribution in [2.45, 2.75) is 13.1 Å². The van der Waals surface area contributed by atoms with Crippen molar-refractivity contribution in [1.82, 2.24) is 15.3 Å². The maximum atomic E-state index is 5.25. The lowest BCUT2D eigenvalue weighted by Gasteiger charge is -2.09. The topological polar surface area (TPSA) is 47.0 Å². The Labute approximate surface area is 123 Å². The monoisotopic (exact) mass is 279 g/mol. The summed E-state index contributed by atoms with van der Waals surface area (Å²) in [5.41, 5.74) is 2.24. The van der Waals surface area contributed by atoms with Crippen LogP contribution in [0.5, 0.6) is 5.88 Å². The second-order valence-corrected chi connectivity index (χ2v) is 4.80. The number of nitrogens with zero attached hydrogens (tertiary/aromatic N) is 2. The molecule has 4 nitrogen and oxygen atoms in total. The minimum atomic E-state index is 0.668. The lowest BCUT2D eigenvalue weighted by atomic mass is 10.1. The van der Waals surface area contributed by atoms with Crippen molar-refractivity contribution in [3.8, 4) is 5.88 Å². The Bertz CT molecular complexity index is 737. The summed E-state index contributed by atoms with van der Waals surface area (Å²) in [7, 11) is 1.64. The molecule has 2 aromatic heterocycles. The van der Waals surface area contributed by atoms with Crippen molar-refractivity contribution in [1.29, 1.82) is 0 Å². The maximum absolute atomic E-state index is 5.25. The summed E-state index contributed by atoms with van der Waals surface area (Å²) < 4.78 is 5.25. The zero-order valence-corrected chi connectivity index (χ0v) is 11.9. The van der Waals surface area contributed by atoms with E-state index in [9.17, 15) is 0 Å². The van der Waals surface area contributed by atoms with Gasteiger partial charge in [-0.25, -0.2) is 4.98 Å². The molecule has 4 heteroatoms. The molecule has 0 aliphatic carbocycles. The third-order valence-electron chi connectivity index (χ3n) is 3.42. The van der Waals surface area contributed by atoms with Crippen molar-refractivity contribution in [2.24, 2.45) is 0 Å². The van der Waals surface area contributed by atoms with E-state index in [4.69, 9.17) is 4.74 Å². The normalized spacial score (nSPS) is 10.7. The third kappa shape index (κ3) is 3.01. The van der Waals surface area contributed by atoms with E-state index in [0.717, 1.165) is 17.5 Å². The Morgan fingerprint density at radius 1 is 1.00 bits per heavy atom. The fourth-order valence-electron chi connectivity index (χ4n) is 2.39. The summed E-state index contributed by atoms with van der Waals surface area (Å²) >= 11 is 0. The predicted molar refractivity (Wildman–Crippen MR) is 83.1 cm³/mol. The highest BCUT2D eigenvalue weighted by Crippen LogP contribution is 2.17. The van der Waals surface area contributed by atoms with Gasteiger partial charge in [0.15, 0.2) is 0 Å². The Morgan fingerprint density at radius 2 is 1.86 bits per heavy atom. The number of benzene rings is 1. The summed E-state index contributed by atoms with van der Waals surface area (Å²) in [6.07, 6.45) is 5.54. The van der Waals surface area contributed by atoms with E-state index in [1.165, 1.54) is 10.9 Å². The third-order valence-corrected chi connectivity index (χ3v) is 3.42. The van der Waals surface area contributed by atoms with E-state index < -0.39 is 0 Å². The number of methoxy groups -OCH3 is 1. The Hall–Kier alpha value is -2.46. The molecule has 0 aliphatic heterocycles. The van der Waals surface area contributed by atoms with Crippen LogP contribution in [0.3, 0.4) is 0 Å². The van der Waals surface area contributed by atoms with Crippen molar-refractivity contribution in [3.05, 3.63) is 66.1 Å². The van der Waals surface area contributed by atoms with Crippen molar-refractivity contribution < 1.29 is 4.74 Å². The zero-order valence-electron chi connectivity index (χ0n) is 11.9. The standard InChI is InChI=1S/C17H17N3O/c1-21-17-14(6-4-8-20-17)10-19-12-15-11-18-9-13-5-2-3-7-16(13)15/h2-9,11,19H,10,12H2,1H3. The lowest BCUT2D eigenvalue weighted by molar-refractivity contribution is 0.390. The lowest BCUT2D eigenvalue weighted by Crippen LogP contribution is -2.14. The van der Waals surface area contributed by atoms with Gasteiger partial charge in [0.25, 0.3) is 0 Å². The van der Waals surface area contributed by atoms with Gasteiger partial charge in [-0.1, -0.05) is 30.3 Å². The van der Waals surface area contributed by atoms with E-state index in [0.29, 0.717) is 12.4 Å². The van der Waals surface area contributed by atoms with Crippen LogP contribution < -0.4 is 10.1 Å². The first-order valence-corrected chi connectivity index (χ1v) is 6.88. The van der Waals surface area contributed by atoms with E-state index in [-0.39, 0.29) is 0 Å². The molecule has 0 spiro atoms. The molecular weight excluding hydrogens is 262 g/mol. The molecule has 0 unspecified atom stereocenters. The number of aromatic nitrogens is 2. The van der Waals surface area contributed by atoms with Crippen molar-refractivity contribution >= 4 is 10.8 Å². The van der Waals surface area contributed by atoms with Crippen LogP contribution in [0, 0.1) is 0 Å². The van der Waals surface area contributed by atoms with Gasteiger partial charge in [0.05, 0.1) is 7.11 Å². The minimum Gasteiger partial charge on any atom is -0.481 e. The van der Waals surface area contributed by atoms with Gasteiger partial charge in [-0.2, -0.15) is 0 Å². The van der Waals surface area contributed by atoms with Crippen LogP contribution in [-0.2, 0) is 13.1 Å². The highest BCUT2D eigenvalue weighted by molar-refractivity contribution is 5.84. The van der Waals surface area contributed by atoms with Gasteiger partial charge in [-0.05, 0) is 17.0 Å². The number of hydrogen-bond donors (Lipinski definition) is 1. The summed E-state index contributed by atoms with van der Waals surface area (Å²) in [4.78, 5) is 8.49. The summed E-state index contributed by atoms with van der Waals surface area (Å²) in [5.74, 6) is 0.668. The van der Waals surface area contributed by atoms with E-state index in [1.54, 1.807) is 13.3 Å². The maximum Gasteiger partial charge on any atom is 0.217 e. The molecule has 0 aliphatic rings. The molecule has 106 valence electrons. The van der Waals surface area contributed by atoms with Crippen LogP contribution in [0.25, 0.3) is 10.8 Å². The molecule has 0 fully saturated rings. The van der Waals surface area contributed by atoms with Gasteiger partial charge in [-0.15, -0.1) is 0 Å². The highest BCUT2D eigenvalue weighted by Gasteiger charge is 2.04. The summed E-state index contributed by atoms with van der Waals surface area (Å²) in [6.45, 7) is 1.46. The van der Waals surface area contributed by atoms with Gasteiger partial charge >= 0.3 is 0 Å². The van der Waals surface area contributed by atoms with Crippen LogP contribution in [0.15, 0.2) is 55.0 Å². The first kappa shape index (κ1) is 13.5. The molecular formula is C17H17N3O. The molecule has 0 radical (unpaired) electrons. The van der Waals surface area contributed by atoms with Gasteiger partial charge < -0.3 is 10.1 Å². The van der Waals surface area contributed by atoms with Gasteiger partial charge in [0.2, 0.25) is 5.88 Å². The molecule has 0 saturated carbocycles. The fraction of sp³-hybridized carbons (Fsp3) is 0.176. The first-order valence-electron chi connectivity index (χ1n) is 6.88. The quantitative estimate of drug-likeness (QED) is 0.780. The van der Waals surface area contributed by atoms with Gasteiger partial charge in [0.1, 0.15) is 0 Å². The summed E-state index contributed by atoms with van der Waals surface area (Å²) in [5, 5.41) is 5.82. The van der Waals surface area contributed by atoms with Crippen LogP contribution >= 0.6 is 0 Å². The summed E-state index contributed by atoms with van der Waals surface area (Å²) in [6, 6.07) is 12.2. The van der Waals surface area contributed by atoms with Crippen LogP contribution in [-0.4, -0.2) is 17.1 Å². The number of ether oxygens (including phenoxy) is 1. The number of pyridine rings is 2. The van der Waals surface area contributed by atoms with Crippen LogP contribution in [0.2, 0.25) is 0 Å². The van der Waals surface area contributed by atoms with Gasteiger partial charge in [0, 0.05) is 42.6 Å². The molecule has 1 N–H and O–H groups in total. The van der Waals surface area contributed by atoms with Crippen LogP contribution in [0.1, 0.15) is 11.1 Å². The van der Waals surface area contributed by atoms with Crippen LogP contribution in [0.4, 0.5) is 0 Å². The van der Waals surface area contributed by atoms with Crippen molar-refractivity contribution in [2.75, 3.05) is 7.11 Å². The average molecular weight is 279 g/mol. The molecule has 0 atom stereocenters. The number of rotatable bonds is 5. The minimum absolute atomic E-state index is 0.668. The average Bonchev–Trinajstić information content (AvgIpc) is 2.55. The van der Waals surface area contributed by atoms with E-state index in [2.05, 4.69) is 33.5 Å². The molecule has 2 heterocycles. The molecule has 3 aromatic rings. The van der Waals surface area contributed by atoms with Crippen molar-refractivity contribution in [3.63, 3.8) is 0 Å². The number of hydrogen-bond acceptors (Lipinski definition) is 4. The Kier molecular flexibility index (Phi) is 4.07. The smallest absolute Gasteiger partial charge is 0.217 e. The second-order valence-electron chi connectivity index (χ2n) is 4.80. The molecule has 3 rings (SSSR count). The van der Waals surface area contributed by atoms with E-state index >= 15 is 0 Å². The SMILES string of the molecule is COc1ncccc1CNCc1cncc2ccccc12. The molecule has 21 heavy (non-hydrogen) atoms. The molecule has 1 aromatic carbocycles. The number of fused-ring (bicyclic) bond motifs is 1. The Morgan fingerprint density at radius 3 is 2.76 bits per heavy atom. The van der Waals surface area contributed by atoms with Gasteiger partial charge in [-0.3, -0.25) is 4.98 Å². The first-order chi connectivity index (χ1) is 10.4. The van der Waals surface area contributed by atoms with E-state index in [1.807, 2.05) is 30.6 Å². The highest BCUT2D eigenvalue weighted by atomic mass is 16.5. The predicted octanol–water partition coefficient (Wildman–Crippen LogP) is 2.93. The zero-order chi connectivity index (χ0) is 14.5. The second kappa shape index (κ2) is 6.33.